The molecular weight excluding hydrogens is 262 g/mol. The van der Waals surface area contributed by atoms with E-state index in [9.17, 15) is 31.1 Å². The summed E-state index contributed by atoms with van der Waals surface area (Å²) in [6.07, 6.45) is -7.82. The second-order valence-corrected chi connectivity index (χ2v) is 3.33. The number of benzene rings is 1. The van der Waals surface area contributed by atoms with Crippen molar-refractivity contribution < 1.29 is 31.1 Å². The topological polar surface area (TPSA) is 17.1 Å². The monoisotopic (exact) mass is 268 g/mol. The third kappa shape index (κ3) is 3.61. The third-order valence-corrected chi connectivity index (χ3v) is 1.98. The van der Waals surface area contributed by atoms with Crippen molar-refractivity contribution in [2.24, 2.45) is 0 Å². The Bertz CT molecular complexity index is 437. The Morgan fingerprint density at radius 1 is 0.833 bits per heavy atom. The minimum atomic E-state index is -4.88. The first-order valence-corrected chi connectivity index (χ1v) is 4.56. The van der Waals surface area contributed by atoms with Crippen LogP contribution in [0.5, 0.6) is 0 Å². The maximum Gasteiger partial charge on any atom is 0.416 e. The maximum absolute atomic E-state index is 12.4. The molecule has 1 nitrogen and oxygen atoms in total. The van der Waals surface area contributed by atoms with Crippen LogP contribution in [0, 0.1) is 0 Å². The number of aldehydes is 1. The molecule has 0 fully saturated rings. The van der Waals surface area contributed by atoms with Crippen LogP contribution in [-0.2, 0) is 17.1 Å². The van der Waals surface area contributed by atoms with E-state index in [1.807, 2.05) is 0 Å². The predicted octanol–water partition coefficient (Wildman–Crippen LogP) is 3.94. The van der Waals surface area contributed by atoms with Crippen LogP contribution in [0.15, 0.2) is 24.3 Å². The fraction of sp³-hybridized carbons (Fsp3) is 0.182. The fourth-order valence-electron chi connectivity index (χ4n) is 1.23. The van der Waals surface area contributed by atoms with E-state index in [0.717, 1.165) is 12.2 Å². The van der Waals surface area contributed by atoms with Gasteiger partial charge in [0.25, 0.3) is 0 Å². The zero-order chi connectivity index (χ0) is 14.0. The molecule has 0 spiro atoms. The van der Waals surface area contributed by atoms with E-state index in [1.165, 1.54) is 0 Å². The van der Waals surface area contributed by atoms with Crippen LogP contribution in [0.1, 0.15) is 16.7 Å². The maximum atomic E-state index is 12.4. The highest BCUT2D eigenvalue weighted by atomic mass is 19.4. The number of carbonyl (C=O) groups is 1. The first kappa shape index (κ1) is 14.3. The van der Waals surface area contributed by atoms with Gasteiger partial charge in [-0.2, -0.15) is 26.3 Å². The van der Waals surface area contributed by atoms with Crippen LogP contribution in [0.25, 0.3) is 6.08 Å². The Balaban J connectivity index is 3.38. The van der Waals surface area contributed by atoms with Gasteiger partial charge >= 0.3 is 12.4 Å². The van der Waals surface area contributed by atoms with Crippen molar-refractivity contribution in [3.8, 4) is 0 Å². The van der Waals surface area contributed by atoms with E-state index < -0.39 is 23.5 Å². The van der Waals surface area contributed by atoms with Crippen molar-refractivity contribution in [1.29, 1.82) is 0 Å². The second kappa shape index (κ2) is 4.83. The summed E-state index contributed by atoms with van der Waals surface area (Å²) in [7, 11) is 0. The van der Waals surface area contributed by atoms with Gasteiger partial charge in [-0.1, -0.05) is 6.08 Å². The molecule has 0 atom stereocenters. The number of allylic oxidation sites excluding steroid dienone is 1. The number of halogens is 6. The Labute approximate surface area is 97.7 Å². The van der Waals surface area contributed by atoms with Gasteiger partial charge in [0, 0.05) is 0 Å². The molecule has 0 amide bonds. The standard InChI is InChI=1S/C11H6F6O/c12-10(13,14)8-4-7(2-1-3-18)5-9(6-8)11(15,16)17/h1-6H/b2-1-. The highest BCUT2D eigenvalue weighted by molar-refractivity contribution is 5.74. The van der Waals surface area contributed by atoms with Crippen molar-refractivity contribution in [1.82, 2.24) is 0 Å². The van der Waals surface area contributed by atoms with E-state index in [2.05, 4.69) is 0 Å². The van der Waals surface area contributed by atoms with Gasteiger partial charge in [0.15, 0.2) is 0 Å². The van der Waals surface area contributed by atoms with E-state index in [1.54, 1.807) is 0 Å². The van der Waals surface area contributed by atoms with Crippen molar-refractivity contribution in [2.75, 3.05) is 0 Å². The van der Waals surface area contributed by atoms with Crippen molar-refractivity contribution in [2.45, 2.75) is 12.4 Å². The van der Waals surface area contributed by atoms with Gasteiger partial charge in [-0.05, 0) is 29.8 Å². The van der Waals surface area contributed by atoms with Crippen molar-refractivity contribution >= 4 is 12.4 Å². The van der Waals surface area contributed by atoms with Gasteiger partial charge in [-0.15, -0.1) is 0 Å². The van der Waals surface area contributed by atoms with E-state index >= 15 is 0 Å². The van der Waals surface area contributed by atoms with Gasteiger partial charge in [-0.3, -0.25) is 4.79 Å². The molecule has 7 heteroatoms. The lowest BCUT2D eigenvalue weighted by Crippen LogP contribution is -2.11. The largest absolute Gasteiger partial charge is 0.416 e. The number of hydrogen-bond acceptors (Lipinski definition) is 1. The summed E-state index contributed by atoms with van der Waals surface area (Å²) in [4.78, 5) is 10.0. The molecule has 0 bridgehead atoms. The predicted molar refractivity (Wildman–Crippen MR) is 51.5 cm³/mol. The van der Waals surface area contributed by atoms with Gasteiger partial charge in [0.1, 0.15) is 6.29 Å². The summed E-state index contributed by atoms with van der Waals surface area (Å²) in [6.45, 7) is 0. The molecule has 98 valence electrons. The Kier molecular flexibility index (Phi) is 3.83. The summed E-state index contributed by atoms with van der Waals surface area (Å²) < 4.78 is 74.4. The summed E-state index contributed by atoms with van der Waals surface area (Å²) in [5, 5.41) is 0. The first-order chi connectivity index (χ1) is 8.14. The molecule has 0 aromatic heterocycles. The number of hydrogen-bond donors (Lipinski definition) is 0. The highest BCUT2D eigenvalue weighted by Crippen LogP contribution is 2.36. The lowest BCUT2D eigenvalue weighted by Gasteiger charge is -2.12. The zero-order valence-corrected chi connectivity index (χ0v) is 8.64. The van der Waals surface area contributed by atoms with E-state index in [0.29, 0.717) is 12.1 Å². The summed E-state index contributed by atoms with van der Waals surface area (Å²) in [5.41, 5.74) is -3.17. The fourth-order valence-corrected chi connectivity index (χ4v) is 1.23. The molecular formula is C11H6F6O. The average Bonchev–Trinajstić information content (AvgIpc) is 2.23. The molecule has 18 heavy (non-hydrogen) atoms. The highest BCUT2D eigenvalue weighted by Gasteiger charge is 2.36. The summed E-state index contributed by atoms with van der Waals surface area (Å²) >= 11 is 0. The molecule has 1 aromatic rings. The zero-order valence-electron chi connectivity index (χ0n) is 8.64. The van der Waals surface area contributed by atoms with E-state index in [4.69, 9.17) is 0 Å². The Morgan fingerprint density at radius 3 is 1.61 bits per heavy atom. The molecule has 0 saturated heterocycles. The molecule has 0 aliphatic carbocycles. The molecule has 1 rings (SSSR count). The number of carbonyl (C=O) groups excluding carboxylic acids is 1. The number of rotatable bonds is 2. The molecule has 0 radical (unpaired) electrons. The quantitative estimate of drug-likeness (QED) is 0.451. The Hall–Kier alpha value is -1.79. The van der Waals surface area contributed by atoms with Crippen LogP contribution in [0.4, 0.5) is 26.3 Å². The van der Waals surface area contributed by atoms with Crippen LogP contribution >= 0.6 is 0 Å². The van der Waals surface area contributed by atoms with Crippen LogP contribution in [0.2, 0.25) is 0 Å². The van der Waals surface area contributed by atoms with Crippen molar-refractivity contribution in [3.63, 3.8) is 0 Å². The molecule has 0 N–H and O–H groups in total. The first-order valence-electron chi connectivity index (χ1n) is 4.56. The third-order valence-electron chi connectivity index (χ3n) is 1.98. The van der Waals surface area contributed by atoms with Gasteiger partial charge in [-0.25, -0.2) is 0 Å². The molecule has 0 heterocycles. The van der Waals surface area contributed by atoms with Gasteiger partial charge < -0.3 is 0 Å². The van der Waals surface area contributed by atoms with E-state index in [-0.39, 0.29) is 17.9 Å². The SMILES string of the molecule is O=C/C=C\c1cc(C(F)(F)F)cc(C(F)(F)F)c1. The lowest BCUT2D eigenvalue weighted by molar-refractivity contribution is -0.143. The summed E-state index contributed by atoms with van der Waals surface area (Å²) in [6, 6.07) is 1.10. The smallest absolute Gasteiger partial charge is 0.299 e. The molecule has 0 aliphatic rings. The number of alkyl halides is 6. The Morgan fingerprint density at radius 2 is 1.28 bits per heavy atom. The molecule has 0 aliphatic heterocycles. The van der Waals surface area contributed by atoms with Crippen molar-refractivity contribution in [3.05, 3.63) is 41.0 Å². The van der Waals surface area contributed by atoms with Gasteiger partial charge in [0.2, 0.25) is 0 Å². The summed E-state index contributed by atoms with van der Waals surface area (Å²) in [5.74, 6) is 0. The average molecular weight is 268 g/mol. The van der Waals surface area contributed by atoms with Crippen LogP contribution in [0.3, 0.4) is 0 Å². The van der Waals surface area contributed by atoms with Gasteiger partial charge in [0.05, 0.1) is 11.1 Å². The minimum absolute atomic E-state index is 0.0260. The molecule has 1 aromatic carbocycles. The lowest BCUT2D eigenvalue weighted by atomic mass is 10.0. The van der Waals surface area contributed by atoms with Crippen LogP contribution in [-0.4, -0.2) is 6.29 Å². The molecule has 0 unspecified atom stereocenters. The normalized spacial score (nSPS) is 13.0. The minimum Gasteiger partial charge on any atom is -0.299 e. The molecule has 0 saturated carbocycles. The van der Waals surface area contributed by atoms with Crippen LogP contribution < -0.4 is 0 Å². The second-order valence-electron chi connectivity index (χ2n) is 3.33.